The van der Waals surface area contributed by atoms with Crippen molar-refractivity contribution in [3.63, 3.8) is 0 Å². The zero-order chi connectivity index (χ0) is 8.81. The first-order chi connectivity index (χ1) is 5.84. The fourth-order valence-corrected chi connectivity index (χ4v) is 1.33. The predicted octanol–water partition coefficient (Wildman–Crippen LogP) is 3.21. The van der Waals surface area contributed by atoms with Crippen molar-refractivity contribution in [2.24, 2.45) is 0 Å². The van der Waals surface area contributed by atoms with Gasteiger partial charge in [-0.15, -0.1) is 0 Å². The molecule has 0 aliphatic rings. The van der Waals surface area contributed by atoms with Gasteiger partial charge in [0, 0.05) is 6.16 Å². The minimum atomic E-state index is 0.453. The van der Waals surface area contributed by atoms with Crippen molar-refractivity contribution in [1.82, 2.24) is 0 Å². The SMILES string of the molecule is Cc1ccccc1OCCPCl. The average Bonchev–Trinajstić information content (AvgIpc) is 2.09. The van der Waals surface area contributed by atoms with Crippen LogP contribution < -0.4 is 4.74 Å². The Morgan fingerprint density at radius 3 is 2.83 bits per heavy atom. The van der Waals surface area contributed by atoms with Crippen LogP contribution in [-0.2, 0) is 0 Å². The molecule has 0 bridgehead atoms. The fourth-order valence-electron chi connectivity index (χ4n) is 0.918. The molecule has 0 aliphatic heterocycles. The Morgan fingerprint density at radius 2 is 2.17 bits per heavy atom. The van der Waals surface area contributed by atoms with E-state index in [0.29, 0.717) is 14.5 Å². The van der Waals surface area contributed by atoms with Crippen molar-refractivity contribution >= 4 is 19.2 Å². The molecular weight excluding hydrogens is 191 g/mol. The number of hydrogen-bond donors (Lipinski definition) is 0. The molecule has 0 aliphatic carbocycles. The molecule has 0 heterocycles. The van der Waals surface area contributed by atoms with Gasteiger partial charge in [-0.05, 0) is 26.5 Å². The van der Waals surface area contributed by atoms with E-state index in [9.17, 15) is 0 Å². The molecule has 1 rings (SSSR count). The van der Waals surface area contributed by atoms with E-state index in [1.54, 1.807) is 0 Å². The van der Waals surface area contributed by atoms with Gasteiger partial charge in [0.05, 0.1) is 6.61 Å². The zero-order valence-corrected chi connectivity index (χ0v) is 8.77. The summed E-state index contributed by atoms with van der Waals surface area (Å²) in [6.07, 6.45) is 0.926. The van der Waals surface area contributed by atoms with Crippen LogP contribution in [0.2, 0.25) is 0 Å². The minimum Gasteiger partial charge on any atom is -0.493 e. The van der Waals surface area contributed by atoms with Crippen LogP contribution in [-0.4, -0.2) is 12.8 Å². The third kappa shape index (κ3) is 3.00. The van der Waals surface area contributed by atoms with E-state index in [1.165, 1.54) is 5.56 Å². The largest absolute Gasteiger partial charge is 0.493 e. The number of hydrogen-bond acceptors (Lipinski definition) is 1. The summed E-state index contributed by atoms with van der Waals surface area (Å²) < 4.78 is 5.50. The standard InChI is InChI=1S/C9H12ClOP/c1-8-4-2-3-5-9(8)11-6-7-12-10/h2-5,12H,6-7H2,1H3. The molecule has 1 aromatic rings. The first-order valence-corrected chi connectivity index (χ1v) is 6.08. The Balaban J connectivity index is 2.46. The van der Waals surface area contributed by atoms with Crippen molar-refractivity contribution in [2.75, 3.05) is 12.8 Å². The topological polar surface area (TPSA) is 9.23 Å². The number of para-hydroxylation sites is 1. The number of halogens is 1. The summed E-state index contributed by atoms with van der Waals surface area (Å²) in [5.41, 5.74) is 1.18. The molecule has 0 aromatic heterocycles. The van der Waals surface area contributed by atoms with Crippen LogP contribution in [0.3, 0.4) is 0 Å². The lowest BCUT2D eigenvalue weighted by molar-refractivity contribution is 0.341. The van der Waals surface area contributed by atoms with Gasteiger partial charge in [-0.3, -0.25) is 0 Å². The summed E-state index contributed by atoms with van der Waals surface area (Å²) in [5, 5.41) is 0. The van der Waals surface area contributed by atoms with E-state index < -0.39 is 0 Å². The van der Waals surface area contributed by atoms with Gasteiger partial charge in [-0.25, -0.2) is 0 Å². The van der Waals surface area contributed by atoms with Crippen LogP contribution in [0.15, 0.2) is 24.3 Å². The van der Waals surface area contributed by atoms with Crippen LogP contribution in [0.1, 0.15) is 5.56 Å². The normalized spacial score (nSPS) is 10.8. The van der Waals surface area contributed by atoms with E-state index in [0.717, 1.165) is 11.9 Å². The van der Waals surface area contributed by atoms with Crippen molar-refractivity contribution in [2.45, 2.75) is 6.92 Å². The maximum absolute atomic E-state index is 5.56. The van der Waals surface area contributed by atoms with Gasteiger partial charge in [0.1, 0.15) is 5.75 Å². The minimum absolute atomic E-state index is 0.453. The first-order valence-electron chi connectivity index (χ1n) is 3.86. The number of rotatable bonds is 4. The van der Waals surface area contributed by atoms with Crippen molar-refractivity contribution in [1.29, 1.82) is 0 Å². The van der Waals surface area contributed by atoms with Crippen molar-refractivity contribution in [3.8, 4) is 5.75 Å². The third-order valence-corrected chi connectivity index (χ3v) is 2.51. The van der Waals surface area contributed by atoms with E-state index in [2.05, 4.69) is 0 Å². The molecule has 1 nitrogen and oxygen atoms in total. The Kier molecular flexibility index (Phi) is 4.42. The molecule has 0 radical (unpaired) electrons. The third-order valence-electron chi connectivity index (χ3n) is 1.55. The van der Waals surface area contributed by atoms with Crippen LogP contribution in [0.5, 0.6) is 5.75 Å². The highest BCUT2D eigenvalue weighted by Gasteiger charge is 1.95. The molecule has 1 unspecified atom stereocenters. The summed E-state index contributed by atoms with van der Waals surface area (Å²) in [7, 11) is 0.453. The highest BCUT2D eigenvalue weighted by Crippen LogP contribution is 2.18. The summed E-state index contributed by atoms with van der Waals surface area (Å²) in [4.78, 5) is 0. The number of benzene rings is 1. The lowest BCUT2D eigenvalue weighted by Gasteiger charge is -2.06. The zero-order valence-electron chi connectivity index (χ0n) is 7.01. The monoisotopic (exact) mass is 202 g/mol. The van der Waals surface area contributed by atoms with E-state index >= 15 is 0 Å². The molecule has 12 heavy (non-hydrogen) atoms. The molecule has 0 amide bonds. The predicted molar refractivity (Wildman–Crippen MR) is 55.7 cm³/mol. The first kappa shape index (κ1) is 9.83. The van der Waals surface area contributed by atoms with Gasteiger partial charge in [0.15, 0.2) is 0 Å². The Morgan fingerprint density at radius 1 is 1.42 bits per heavy atom. The van der Waals surface area contributed by atoms with Gasteiger partial charge in [0.25, 0.3) is 0 Å². The quantitative estimate of drug-likeness (QED) is 0.538. The Hall–Kier alpha value is -0.260. The van der Waals surface area contributed by atoms with E-state index in [1.807, 2.05) is 31.2 Å². The number of ether oxygens (including phenoxy) is 1. The molecule has 0 N–H and O–H groups in total. The summed E-state index contributed by atoms with van der Waals surface area (Å²) >= 11 is 5.56. The second kappa shape index (κ2) is 5.40. The van der Waals surface area contributed by atoms with Gasteiger partial charge >= 0.3 is 0 Å². The second-order valence-electron chi connectivity index (χ2n) is 2.50. The fraction of sp³-hybridized carbons (Fsp3) is 0.333. The molecule has 0 saturated carbocycles. The maximum atomic E-state index is 5.56. The molecule has 0 fully saturated rings. The molecule has 3 heteroatoms. The maximum Gasteiger partial charge on any atom is 0.122 e. The summed E-state index contributed by atoms with van der Waals surface area (Å²) in [6, 6.07) is 8.00. The molecule has 1 atom stereocenters. The van der Waals surface area contributed by atoms with Gasteiger partial charge in [-0.2, -0.15) is 0 Å². The number of aryl methyl sites for hydroxylation is 1. The van der Waals surface area contributed by atoms with E-state index in [-0.39, 0.29) is 0 Å². The Labute approximate surface area is 79.7 Å². The van der Waals surface area contributed by atoms with E-state index in [4.69, 9.17) is 16.0 Å². The van der Waals surface area contributed by atoms with Crippen LogP contribution in [0, 0.1) is 6.92 Å². The van der Waals surface area contributed by atoms with Crippen molar-refractivity contribution < 1.29 is 4.74 Å². The molecule has 0 saturated heterocycles. The molecule has 1 aromatic carbocycles. The average molecular weight is 203 g/mol. The highest BCUT2D eigenvalue weighted by atomic mass is 35.7. The highest BCUT2D eigenvalue weighted by molar-refractivity contribution is 7.68. The summed E-state index contributed by atoms with van der Waals surface area (Å²) in [6.45, 7) is 2.76. The van der Waals surface area contributed by atoms with Crippen LogP contribution in [0.4, 0.5) is 0 Å². The molecule has 66 valence electrons. The lowest BCUT2D eigenvalue weighted by atomic mass is 10.2. The van der Waals surface area contributed by atoms with Crippen molar-refractivity contribution in [3.05, 3.63) is 29.8 Å². The van der Waals surface area contributed by atoms with Gasteiger partial charge < -0.3 is 4.74 Å². The van der Waals surface area contributed by atoms with Gasteiger partial charge in [0.2, 0.25) is 0 Å². The molecule has 0 spiro atoms. The lowest BCUT2D eigenvalue weighted by Crippen LogP contribution is -1.99. The van der Waals surface area contributed by atoms with Crippen LogP contribution >= 0.6 is 19.2 Å². The Bertz CT molecular complexity index is 240. The smallest absolute Gasteiger partial charge is 0.122 e. The summed E-state index contributed by atoms with van der Waals surface area (Å²) in [5.74, 6) is 0.965. The van der Waals surface area contributed by atoms with Gasteiger partial charge in [-0.1, -0.05) is 29.4 Å². The van der Waals surface area contributed by atoms with Crippen LogP contribution in [0.25, 0.3) is 0 Å². The molecular formula is C9H12ClOP. The second-order valence-corrected chi connectivity index (χ2v) is 4.07.